The van der Waals surface area contributed by atoms with Gasteiger partial charge in [0.25, 0.3) is 0 Å². The van der Waals surface area contributed by atoms with E-state index in [1.807, 2.05) is 6.92 Å². The molecule has 0 radical (unpaired) electrons. The summed E-state index contributed by atoms with van der Waals surface area (Å²) in [5, 5.41) is 5.82. The highest BCUT2D eigenvalue weighted by atomic mass is 16.5. The van der Waals surface area contributed by atoms with E-state index in [0.29, 0.717) is 25.7 Å². The molecule has 0 aromatic rings. The van der Waals surface area contributed by atoms with Gasteiger partial charge in [-0.3, -0.25) is 4.79 Å². The van der Waals surface area contributed by atoms with E-state index in [2.05, 4.69) is 10.6 Å². The Morgan fingerprint density at radius 1 is 1.67 bits per heavy atom. The van der Waals surface area contributed by atoms with E-state index in [4.69, 9.17) is 4.74 Å². The maximum Gasteiger partial charge on any atom is 0.222 e. The molecule has 0 aromatic carbocycles. The summed E-state index contributed by atoms with van der Waals surface area (Å²) in [6.45, 7) is 5.00. The SMILES string of the molecule is CCNC(=O)CCOC1CNC1. The molecule has 0 aromatic heterocycles. The second-order valence-corrected chi connectivity index (χ2v) is 2.85. The van der Waals surface area contributed by atoms with E-state index in [-0.39, 0.29) is 5.91 Å². The number of amides is 1. The first-order chi connectivity index (χ1) is 5.83. The Labute approximate surface area is 72.7 Å². The van der Waals surface area contributed by atoms with Crippen LogP contribution in [0.2, 0.25) is 0 Å². The molecular weight excluding hydrogens is 156 g/mol. The molecule has 0 aliphatic carbocycles. The summed E-state index contributed by atoms with van der Waals surface area (Å²) in [4.78, 5) is 10.9. The van der Waals surface area contributed by atoms with Crippen molar-refractivity contribution in [2.45, 2.75) is 19.4 Å². The Balaban J connectivity index is 1.90. The molecule has 1 aliphatic heterocycles. The number of carbonyl (C=O) groups is 1. The minimum absolute atomic E-state index is 0.0739. The zero-order chi connectivity index (χ0) is 8.81. The van der Waals surface area contributed by atoms with Crippen molar-refractivity contribution in [3.05, 3.63) is 0 Å². The lowest BCUT2D eigenvalue weighted by Crippen LogP contribution is -2.48. The minimum Gasteiger partial charge on any atom is -0.375 e. The number of ether oxygens (including phenoxy) is 1. The van der Waals surface area contributed by atoms with Crippen LogP contribution in [0.25, 0.3) is 0 Å². The van der Waals surface area contributed by atoms with E-state index < -0.39 is 0 Å². The summed E-state index contributed by atoms with van der Waals surface area (Å²) in [6, 6.07) is 0. The quantitative estimate of drug-likeness (QED) is 0.588. The molecule has 1 amide bonds. The van der Waals surface area contributed by atoms with Crippen molar-refractivity contribution in [1.29, 1.82) is 0 Å². The molecular formula is C8H16N2O2. The fraction of sp³-hybridized carbons (Fsp3) is 0.875. The van der Waals surface area contributed by atoms with Crippen molar-refractivity contribution in [2.75, 3.05) is 26.2 Å². The van der Waals surface area contributed by atoms with Crippen molar-refractivity contribution in [1.82, 2.24) is 10.6 Å². The van der Waals surface area contributed by atoms with Crippen molar-refractivity contribution < 1.29 is 9.53 Å². The summed E-state index contributed by atoms with van der Waals surface area (Å²) in [7, 11) is 0. The average Bonchev–Trinajstić information content (AvgIpc) is 1.95. The Morgan fingerprint density at radius 2 is 2.42 bits per heavy atom. The molecule has 1 fully saturated rings. The van der Waals surface area contributed by atoms with Gasteiger partial charge in [0.15, 0.2) is 0 Å². The molecule has 0 bridgehead atoms. The lowest BCUT2D eigenvalue weighted by atomic mass is 10.2. The predicted octanol–water partition coefficient (Wildman–Crippen LogP) is -0.499. The van der Waals surface area contributed by atoms with Gasteiger partial charge in [0, 0.05) is 26.1 Å². The summed E-state index contributed by atoms with van der Waals surface area (Å²) in [6.07, 6.45) is 0.809. The number of hydrogen-bond acceptors (Lipinski definition) is 3. The van der Waals surface area contributed by atoms with Crippen LogP contribution in [0.15, 0.2) is 0 Å². The summed E-state index contributed by atoms with van der Waals surface area (Å²) in [5.74, 6) is 0.0739. The third kappa shape index (κ3) is 3.19. The zero-order valence-corrected chi connectivity index (χ0v) is 7.43. The van der Waals surface area contributed by atoms with Crippen molar-refractivity contribution in [2.24, 2.45) is 0 Å². The molecule has 2 N–H and O–H groups in total. The molecule has 12 heavy (non-hydrogen) atoms. The molecule has 0 unspecified atom stereocenters. The first-order valence-corrected chi connectivity index (χ1v) is 4.42. The van der Waals surface area contributed by atoms with Gasteiger partial charge < -0.3 is 15.4 Å². The lowest BCUT2D eigenvalue weighted by Gasteiger charge is -2.26. The van der Waals surface area contributed by atoms with Crippen LogP contribution < -0.4 is 10.6 Å². The smallest absolute Gasteiger partial charge is 0.222 e. The van der Waals surface area contributed by atoms with E-state index in [1.165, 1.54) is 0 Å². The molecule has 70 valence electrons. The lowest BCUT2D eigenvalue weighted by molar-refractivity contribution is -0.122. The van der Waals surface area contributed by atoms with Crippen molar-refractivity contribution in [3.63, 3.8) is 0 Å². The van der Waals surface area contributed by atoms with Gasteiger partial charge in [-0.15, -0.1) is 0 Å². The zero-order valence-electron chi connectivity index (χ0n) is 7.43. The molecule has 0 spiro atoms. The van der Waals surface area contributed by atoms with Gasteiger partial charge in [-0.05, 0) is 6.92 Å². The van der Waals surface area contributed by atoms with E-state index in [0.717, 1.165) is 13.1 Å². The number of nitrogens with one attached hydrogen (secondary N) is 2. The molecule has 1 heterocycles. The van der Waals surface area contributed by atoms with Crippen LogP contribution in [0.3, 0.4) is 0 Å². The Morgan fingerprint density at radius 3 is 2.92 bits per heavy atom. The topological polar surface area (TPSA) is 50.4 Å². The van der Waals surface area contributed by atoms with Crippen LogP contribution >= 0.6 is 0 Å². The third-order valence-corrected chi connectivity index (χ3v) is 1.80. The van der Waals surface area contributed by atoms with E-state index >= 15 is 0 Å². The van der Waals surface area contributed by atoms with Gasteiger partial charge >= 0.3 is 0 Å². The van der Waals surface area contributed by atoms with E-state index in [9.17, 15) is 4.79 Å². The molecule has 4 nitrogen and oxygen atoms in total. The van der Waals surface area contributed by atoms with Crippen LogP contribution in [0, 0.1) is 0 Å². The summed E-state index contributed by atoms with van der Waals surface area (Å²) in [5.41, 5.74) is 0. The highest BCUT2D eigenvalue weighted by molar-refractivity contribution is 5.75. The Hall–Kier alpha value is -0.610. The second kappa shape index (κ2) is 5.11. The van der Waals surface area contributed by atoms with Gasteiger partial charge in [0.1, 0.15) is 0 Å². The average molecular weight is 172 g/mol. The van der Waals surface area contributed by atoms with Crippen LogP contribution in [0.1, 0.15) is 13.3 Å². The fourth-order valence-corrected chi connectivity index (χ4v) is 0.984. The standard InChI is InChI=1S/C8H16N2O2/c1-2-10-8(11)3-4-12-7-5-9-6-7/h7,9H,2-6H2,1H3,(H,10,11). The van der Waals surface area contributed by atoms with Crippen LogP contribution in [-0.4, -0.2) is 38.3 Å². The van der Waals surface area contributed by atoms with Crippen LogP contribution in [0.4, 0.5) is 0 Å². The molecule has 0 saturated carbocycles. The molecule has 0 atom stereocenters. The van der Waals surface area contributed by atoms with Crippen LogP contribution in [0.5, 0.6) is 0 Å². The maximum atomic E-state index is 10.9. The molecule has 1 aliphatic rings. The van der Waals surface area contributed by atoms with Gasteiger partial charge in [-0.25, -0.2) is 0 Å². The van der Waals surface area contributed by atoms with E-state index in [1.54, 1.807) is 0 Å². The molecule has 1 rings (SSSR count). The second-order valence-electron chi connectivity index (χ2n) is 2.85. The minimum atomic E-state index is 0.0739. The number of carbonyl (C=O) groups excluding carboxylic acids is 1. The summed E-state index contributed by atoms with van der Waals surface area (Å²) < 4.78 is 5.37. The van der Waals surface area contributed by atoms with Crippen molar-refractivity contribution >= 4 is 5.91 Å². The monoisotopic (exact) mass is 172 g/mol. The Kier molecular flexibility index (Phi) is 4.04. The van der Waals surface area contributed by atoms with Gasteiger partial charge in [0.05, 0.1) is 12.7 Å². The summed E-state index contributed by atoms with van der Waals surface area (Å²) >= 11 is 0. The molecule has 1 saturated heterocycles. The van der Waals surface area contributed by atoms with Crippen molar-refractivity contribution in [3.8, 4) is 0 Å². The van der Waals surface area contributed by atoms with Gasteiger partial charge in [-0.1, -0.05) is 0 Å². The maximum absolute atomic E-state index is 10.9. The van der Waals surface area contributed by atoms with Crippen LogP contribution in [-0.2, 0) is 9.53 Å². The highest BCUT2D eigenvalue weighted by Gasteiger charge is 2.16. The van der Waals surface area contributed by atoms with Gasteiger partial charge in [-0.2, -0.15) is 0 Å². The fourth-order valence-electron chi connectivity index (χ4n) is 0.984. The third-order valence-electron chi connectivity index (χ3n) is 1.80. The first kappa shape index (κ1) is 9.48. The first-order valence-electron chi connectivity index (χ1n) is 4.42. The predicted molar refractivity (Wildman–Crippen MR) is 45.9 cm³/mol. The number of hydrogen-bond donors (Lipinski definition) is 2. The Bertz CT molecular complexity index is 146. The van der Waals surface area contributed by atoms with Gasteiger partial charge in [0.2, 0.25) is 5.91 Å². The highest BCUT2D eigenvalue weighted by Crippen LogP contribution is 1.98. The normalized spacial score (nSPS) is 17.1. The largest absolute Gasteiger partial charge is 0.375 e. The number of rotatable bonds is 5. The molecule has 4 heteroatoms.